The van der Waals surface area contributed by atoms with Crippen molar-refractivity contribution in [3.05, 3.63) is 34.9 Å². The number of Topliss-reactive ketones (excluding diaryl/α,β-unsaturated/α-hetero) is 1. The van der Waals surface area contributed by atoms with Gasteiger partial charge in [-0.25, -0.2) is 4.79 Å². The van der Waals surface area contributed by atoms with Gasteiger partial charge in [0.1, 0.15) is 0 Å². The zero-order valence-electron chi connectivity index (χ0n) is 14.3. The van der Waals surface area contributed by atoms with Crippen molar-refractivity contribution >= 4 is 11.8 Å². The molecule has 23 heavy (non-hydrogen) atoms. The summed E-state index contributed by atoms with van der Waals surface area (Å²) in [6, 6.07) is 4.80. The number of aromatic carboxylic acids is 1. The minimum atomic E-state index is -0.948. The Morgan fingerprint density at radius 2 is 2.00 bits per heavy atom. The summed E-state index contributed by atoms with van der Waals surface area (Å²) in [6.45, 7) is 7.32. The number of benzene rings is 1. The molecule has 0 amide bonds. The number of carbonyl (C=O) groups excluding carboxylic acids is 1. The average Bonchev–Trinajstić information content (AvgIpc) is 3.29. The molecule has 1 aromatic rings. The van der Waals surface area contributed by atoms with E-state index in [9.17, 15) is 14.7 Å². The van der Waals surface area contributed by atoms with E-state index in [-0.39, 0.29) is 28.7 Å². The third-order valence-electron chi connectivity index (χ3n) is 5.82. The lowest BCUT2D eigenvalue weighted by molar-refractivity contribution is 0.0642. The molecule has 2 atom stereocenters. The molecule has 1 unspecified atom stereocenters. The first-order valence-corrected chi connectivity index (χ1v) is 8.35. The number of fused-ring (bicyclic) bond motifs is 1. The molecule has 2 aliphatic rings. The monoisotopic (exact) mass is 315 g/mol. The van der Waals surface area contributed by atoms with E-state index in [1.54, 1.807) is 18.2 Å². The molecule has 1 saturated carbocycles. The number of carbonyl (C=O) groups is 2. The second kappa shape index (κ2) is 5.45. The molecule has 1 N–H and O–H groups in total. The van der Waals surface area contributed by atoms with E-state index in [1.165, 1.54) is 12.8 Å². The molecule has 1 fully saturated rings. The quantitative estimate of drug-likeness (QED) is 0.927. The molecule has 0 radical (unpaired) electrons. The number of rotatable bonds is 4. The van der Waals surface area contributed by atoms with Crippen LogP contribution in [-0.4, -0.2) is 41.4 Å². The Morgan fingerprint density at radius 1 is 1.35 bits per heavy atom. The zero-order chi connectivity index (χ0) is 16.9. The second-order valence-corrected chi connectivity index (χ2v) is 7.77. The van der Waals surface area contributed by atoms with Crippen molar-refractivity contribution in [1.29, 1.82) is 0 Å². The Labute approximate surface area is 137 Å². The van der Waals surface area contributed by atoms with Crippen LogP contribution in [0.5, 0.6) is 0 Å². The topological polar surface area (TPSA) is 57.6 Å². The third-order valence-corrected chi connectivity index (χ3v) is 5.82. The third kappa shape index (κ3) is 2.69. The number of carboxylic acid groups (broad SMARTS) is 1. The molecule has 0 spiro atoms. The van der Waals surface area contributed by atoms with Gasteiger partial charge in [-0.05, 0) is 54.8 Å². The van der Waals surface area contributed by atoms with Gasteiger partial charge in [0.2, 0.25) is 0 Å². The summed E-state index contributed by atoms with van der Waals surface area (Å²) >= 11 is 0. The summed E-state index contributed by atoms with van der Waals surface area (Å²) in [5.74, 6) is 0.0535. The van der Waals surface area contributed by atoms with E-state index in [2.05, 4.69) is 25.7 Å². The highest BCUT2D eigenvalue weighted by Crippen LogP contribution is 2.43. The van der Waals surface area contributed by atoms with Crippen LogP contribution in [0.3, 0.4) is 0 Å². The van der Waals surface area contributed by atoms with Gasteiger partial charge in [-0.15, -0.1) is 0 Å². The van der Waals surface area contributed by atoms with Crippen molar-refractivity contribution < 1.29 is 14.7 Å². The van der Waals surface area contributed by atoms with Crippen LogP contribution in [0.2, 0.25) is 0 Å². The number of hydrogen-bond donors (Lipinski definition) is 1. The van der Waals surface area contributed by atoms with Gasteiger partial charge in [0.25, 0.3) is 0 Å². The first-order chi connectivity index (χ1) is 10.7. The highest BCUT2D eigenvalue weighted by molar-refractivity contribution is 6.04. The number of hydrogen-bond acceptors (Lipinski definition) is 3. The summed E-state index contributed by atoms with van der Waals surface area (Å²) < 4.78 is 0. The molecule has 0 aliphatic heterocycles. The van der Waals surface area contributed by atoms with Crippen molar-refractivity contribution in [2.24, 2.45) is 11.8 Å². The molecule has 124 valence electrons. The smallest absolute Gasteiger partial charge is 0.335 e. The van der Waals surface area contributed by atoms with E-state index in [0.29, 0.717) is 5.56 Å². The van der Waals surface area contributed by atoms with Crippen molar-refractivity contribution in [2.45, 2.75) is 45.1 Å². The standard InChI is InChI=1S/C19H25NO3/c1-11-16(20(4)10-12-5-6-12)17(21)14-8-7-13(18(22)23)9-15(14)19(11,2)3/h7-9,11-12,16H,5-6,10H2,1-4H3,(H,22,23)/t11-,16?/m0/s1. The first-order valence-electron chi connectivity index (χ1n) is 8.35. The fourth-order valence-electron chi connectivity index (χ4n) is 3.85. The van der Waals surface area contributed by atoms with Gasteiger partial charge in [-0.2, -0.15) is 0 Å². The molecule has 0 heterocycles. The predicted molar refractivity (Wildman–Crippen MR) is 89.1 cm³/mol. The first kappa shape index (κ1) is 16.2. The largest absolute Gasteiger partial charge is 0.478 e. The Bertz CT molecular complexity index is 661. The molecule has 2 aliphatic carbocycles. The van der Waals surface area contributed by atoms with Crippen molar-refractivity contribution in [3.63, 3.8) is 0 Å². The molecule has 0 bridgehead atoms. The molecule has 4 nitrogen and oxygen atoms in total. The van der Waals surface area contributed by atoms with E-state index >= 15 is 0 Å². The van der Waals surface area contributed by atoms with Crippen LogP contribution in [0.25, 0.3) is 0 Å². The minimum absolute atomic E-state index is 0.131. The van der Waals surface area contributed by atoms with Crippen LogP contribution < -0.4 is 0 Å². The minimum Gasteiger partial charge on any atom is -0.478 e. The van der Waals surface area contributed by atoms with Gasteiger partial charge in [-0.3, -0.25) is 9.69 Å². The van der Waals surface area contributed by atoms with Crippen LogP contribution in [-0.2, 0) is 5.41 Å². The van der Waals surface area contributed by atoms with Gasteiger partial charge in [0.15, 0.2) is 5.78 Å². The fraction of sp³-hybridized carbons (Fsp3) is 0.579. The Hall–Kier alpha value is -1.68. The van der Waals surface area contributed by atoms with E-state index in [4.69, 9.17) is 0 Å². The van der Waals surface area contributed by atoms with Crippen molar-refractivity contribution in [1.82, 2.24) is 4.90 Å². The van der Waals surface area contributed by atoms with Gasteiger partial charge >= 0.3 is 5.97 Å². The summed E-state index contributed by atoms with van der Waals surface area (Å²) in [5.41, 5.74) is 1.57. The lowest BCUT2D eigenvalue weighted by Gasteiger charge is -2.46. The number of carboxylic acids is 1. The van der Waals surface area contributed by atoms with Gasteiger partial charge < -0.3 is 5.11 Å². The lowest BCUT2D eigenvalue weighted by atomic mass is 9.63. The normalized spacial score (nSPS) is 26.2. The molecule has 4 heteroatoms. The molecule has 0 saturated heterocycles. The number of likely N-dealkylation sites (N-methyl/N-ethyl adjacent to an activating group) is 1. The zero-order valence-corrected chi connectivity index (χ0v) is 14.3. The Kier molecular flexibility index (Phi) is 3.83. The Balaban J connectivity index is 2.02. The van der Waals surface area contributed by atoms with Gasteiger partial charge in [-0.1, -0.05) is 26.8 Å². The van der Waals surface area contributed by atoms with Gasteiger partial charge in [0, 0.05) is 12.1 Å². The van der Waals surface area contributed by atoms with Crippen molar-refractivity contribution in [2.75, 3.05) is 13.6 Å². The van der Waals surface area contributed by atoms with Crippen LogP contribution in [0.1, 0.15) is 59.9 Å². The number of nitrogens with zero attached hydrogens (tertiary/aromatic N) is 1. The van der Waals surface area contributed by atoms with Crippen LogP contribution >= 0.6 is 0 Å². The summed E-state index contributed by atoms with van der Waals surface area (Å²) in [5, 5.41) is 9.24. The summed E-state index contributed by atoms with van der Waals surface area (Å²) in [6.07, 6.45) is 2.53. The fourth-order valence-corrected chi connectivity index (χ4v) is 3.85. The van der Waals surface area contributed by atoms with E-state index in [1.807, 2.05) is 7.05 Å². The molecule has 3 rings (SSSR count). The molecule has 1 aromatic carbocycles. The van der Waals surface area contributed by atoms with Crippen molar-refractivity contribution in [3.8, 4) is 0 Å². The van der Waals surface area contributed by atoms with Crippen LogP contribution in [0, 0.1) is 11.8 Å². The SMILES string of the molecule is C[C@H]1C(N(C)CC2CC2)C(=O)c2ccc(C(=O)O)cc2C1(C)C. The highest BCUT2D eigenvalue weighted by atomic mass is 16.4. The average molecular weight is 315 g/mol. The number of ketones is 1. The van der Waals surface area contributed by atoms with Gasteiger partial charge in [0.05, 0.1) is 11.6 Å². The van der Waals surface area contributed by atoms with Crippen LogP contribution in [0.15, 0.2) is 18.2 Å². The maximum atomic E-state index is 13.1. The summed E-state index contributed by atoms with van der Waals surface area (Å²) in [4.78, 5) is 26.5. The molecule has 0 aromatic heterocycles. The molecular formula is C19H25NO3. The lowest BCUT2D eigenvalue weighted by Crippen LogP contribution is -2.53. The van der Waals surface area contributed by atoms with E-state index in [0.717, 1.165) is 18.0 Å². The maximum Gasteiger partial charge on any atom is 0.335 e. The summed E-state index contributed by atoms with van der Waals surface area (Å²) in [7, 11) is 2.05. The second-order valence-electron chi connectivity index (χ2n) is 7.77. The van der Waals surface area contributed by atoms with E-state index < -0.39 is 5.97 Å². The maximum absolute atomic E-state index is 13.1. The highest BCUT2D eigenvalue weighted by Gasteiger charge is 2.46. The Morgan fingerprint density at radius 3 is 2.57 bits per heavy atom. The predicted octanol–water partition coefficient (Wildman–Crippen LogP) is 3.21. The molecular weight excluding hydrogens is 290 g/mol. The van der Waals surface area contributed by atoms with Crippen LogP contribution in [0.4, 0.5) is 0 Å².